The average Bonchev–Trinajstić information content (AvgIpc) is 2.31. The molecule has 0 amide bonds. The second-order valence-corrected chi connectivity index (χ2v) is 3.85. The van der Waals surface area contributed by atoms with Crippen molar-refractivity contribution in [3.05, 3.63) is 12.2 Å². The van der Waals surface area contributed by atoms with Crippen molar-refractivity contribution in [3.63, 3.8) is 0 Å². The quantitative estimate of drug-likeness (QED) is 0.192. The van der Waals surface area contributed by atoms with E-state index in [0.717, 1.165) is 38.0 Å². The number of carboxylic acid groups (broad SMARTS) is 1. The first kappa shape index (κ1) is 15.8. The van der Waals surface area contributed by atoms with Crippen LogP contribution in [0.25, 0.3) is 0 Å². The van der Waals surface area contributed by atoms with Crippen molar-refractivity contribution in [2.45, 2.75) is 51.0 Å². The molecule has 0 bridgehead atoms. The number of aliphatic carboxylic acids is 1. The SMILES string of the molecule is O=CCCC(CCCCCC=CC(=O)O)OO. The number of carboxylic acids is 1. The molecule has 1 atom stereocenters. The zero-order valence-corrected chi connectivity index (χ0v) is 9.88. The van der Waals surface area contributed by atoms with Crippen LogP contribution >= 0.6 is 0 Å². The summed E-state index contributed by atoms with van der Waals surface area (Å²) in [5.74, 6) is -0.924. The number of rotatable bonds is 11. The van der Waals surface area contributed by atoms with E-state index in [9.17, 15) is 9.59 Å². The Balaban J connectivity index is 3.42. The van der Waals surface area contributed by atoms with Gasteiger partial charge < -0.3 is 9.90 Å². The maximum atomic E-state index is 10.2. The number of allylic oxidation sites excluding steroid dienone is 1. The van der Waals surface area contributed by atoms with Crippen molar-refractivity contribution in [1.29, 1.82) is 0 Å². The van der Waals surface area contributed by atoms with Crippen LogP contribution in [-0.2, 0) is 14.5 Å². The highest BCUT2D eigenvalue weighted by molar-refractivity contribution is 5.79. The van der Waals surface area contributed by atoms with Crippen molar-refractivity contribution in [2.24, 2.45) is 0 Å². The van der Waals surface area contributed by atoms with Crippen molar-refractivity contribution < 1.29 is 24.8 Å². The van der Waals surface area contributed by atoms with Crippen LogP contribution in [0.4, 0.5) is 0 Å². The Morgan fingerprint density at radius 1 is 1.18 bits per heavy atom. The van der Waals surface area contributed by atoms with E-state index >= 15 is 0 Å². The van der Waals surface area contributed by atoms with Gasteiger partial charge in [0, 0.05) is 12.5 Å². The second kappa shape index (κ2) is 11.3. The van der Waals surface area contributed by atoms with Gasteiger partial charge in [0.2, 0.25) is 0 Å². The summed E-state index contributed by atoms with van der Waals surface area (Å²) in [4.78, 5) is 24.6. The number of aldehydes is 1. The Kier molecular flexibility index (Phi) is 10.5. The first-order valence-corrected chi connectivity index (χ1v) is 5.84. The molecule has 5 nitrogen and oxygen atoms in total. The Hall–Kier alpha value is -1.20. The highest BCUT2D eigenvalue weighted by Crippen LogP contribution is 2.11. The minimum Gasteiger partial charge on any atom is -0.478 e. The summed E-state index contributed by atoms with van der Waals surface area (Å²) in [7, 11) is 0. The normalized spacial score (nSPS) is 12.8. The smallest absolute Gasteiger partial charge is 0.327 e. The monoisotopic (exact) mass is 244 g/mol. The summed E-state index contributed by atoms with van der Waals surface area (Å²) in [5, 5.41) is 16.9. The maximum Gasteiger partial charge on any atom is 0.327 e. The zero-order chi connectivity index (χ0) is 12.9. The Labute approximate surface area is 101 Å². The Bertz CT molecular complexity index is 237. The molecule has 0 spiro atoms. The molecule has 0 aromatic carbocycles. The van der Waals surface area contributed by atoms with Gasteiger partial charge in [0.05, 0.1) is 6.10 Å². The van der Waals surface area contributed by atoms with Crippen LogP contribution in [0.3, 0.4) is 0 Å². The van der Waals surface area contributed by atoms with Gasteiger partial charge in [-0.05, 0) is 25.7 Å². The summed E-state index contributed by atoms with van der Waals surface area (Å²) in [6, 6.07) is 0. The van der Waals surface area contributed by atoms with Crippen LogP contribution in [0.2, 0.25) is 0 Å². The molecule has 0 radical (unpaired) electrons. The van der Waals surface area contributed by atoms with E-state index < -0.39 is 5.97 Å². The third kappa shape index (κ3) is 11.1. The molecule has 0 saturated carbocycles. The maximum absolute atomic E-state index is 10.2. The fraction of sp³-hybridized carbons (Fsp3) is 0.667. The van der Waals surface area contributed by atoms with Gasteiger partial charge in [-0.15, -0.1) is 0 Å². The van der Waals surface area contributed by atoms with Gasteiger partial charge in [0.15, 0.2) is 0 Å². The lowest BCUT2D eigenvalue weighted by Gasteiger charge is -2.10. The first-order valence-electron chi connectivity index (χ1n) is 5.84. The van der Waals surface area contributed by atoms with Crippen LogP contribution in [0.5, 0.6) is 0 Å². The molecule has 0 aliphatic rings. The van der Waals surface area contributed by atoms with Gasteiger partial charge >= 0.3 is 5.97 Å². The molecule has 98 valence electrons. The van der Waals surface area contributed by atoms with Gasteiger partial charge in [-0.25, -0.2) is 9.68 Å². The molecule has 0 rings (SSSR count). The fourth-order valence-corrected chi connectivity index (χ4v) is 1.50. The molecular formula is C12H20O5. The van der Waals surface area contributed by atoms with Crippen LogP contribution < -0.4 is 0 Å². The van der Waals surface area contributed by atoms with E-state index in [1.54, 1.807) is 6.08 Å². The summed E-state index contributed by atoms with van der Waals surface area (Å²) in [6.45, 7) is 0. The molecule has 1 unspecified atom stereocenters. The largest absolute Gasteiger partial charge is 0.478 e. The highest BCUT2D eigenvalue weighted by atomic mass is 17.1. The van der Waals surface area contributed by atoms with Crippen LogP contribution in [0.15, 0.2) is 12.2 Å². The standard InChI is InChI=1S/C12H20O5/c13-10-6-8-11(17-16)7-4-2-1-3-5-9-12(14)15/h5,9-11,16H,1-4,6-8H2,(H,14,15). The van der Waals surface area contributed by atoms with E-state index in [-0.39, 0.29) is 6.10 Å². The summed E-state index contributed by atoms with van der Waals surface area (Å²) in [5.41, 5.74) is 0. The topological polar surface area (TPSA) is 83.8 Å². The van der Waals surface area contributed by atoms with Crippen LogP contribution in [0, 0.1) is 0 Å². The van der Waals surface area contributed by atoms with Gasteiger partial charge in [-0.2, -0.15) is 0 Å². The summed E-state index contributed by atoms with van der Waals surface area (Å²) in [6.07, 6.45) is 8.46. The third-order valence-corrected chi connectivity index (χ3v) is 2.41. The number of hydrogen-bond acceptors (Lipinski definition) is 4. The molecule has 0 heterocycles. The number of unbranched alkanes of at least 4 members (excludes halogenated alkanes) is 3. The Morgan fingerprint density at radius 3 is 2.53 bits per heavy atom. The van der Waals surface area contributed by atoms with Gasteiger partial charge in [-0.3, -0.25) is 5.26 Å². The van der Waals surface area contributed by atoms with Crippen molar-refractivity contribution >= 4 is 12.3 Å². The number of carbonyl (C=O) groups excluding carboxylic acids is 1. The predicted octanol–water partition coefficient (Wildman–Crippen LogP) is 2.42. The lowest BCUT2D eigenvalue weighted by Crippen LogP contribution is -2.10. The lowest BCUT2D eigenvalue weighted by molar-refractivity contribution is -0.281. The third-order valence-electron chi connectivity index (χ3n) is 2.41. The summed E-state index contributed by atoms with van der Waals surface area (Å²) < 4.78 is 0. The van der Waals surface area contributed by atoms with Gasteiger partial charge in [0.1, 0.15) is 6.29 Å². The van der Waals surface area contributed by atoms with E-state index in [4.69, 9.17) is 10.4 Å². The molecule has 0 aromatic heterocycles. The number of carbonyl (C=O) groups is 2. The lowest BCUT2D eigenvalue weighted by atomic mass is 10.1. The van der Waals surface area contributed by atoms with Crippen molar-refractivity contribution in [1.82, 2.24) is 0 Å². The molecule has 0 saturated heterocycles. The van der Waals surface area contributed by atoms with Gasteiger partial charge in [-0.1, -0.05) is 18.9 Å². The Morgan fingerprint density at radius 2 is 1.94 bits per heavy atom. The molecule has 0 aromatic rings. The summed E-state index contributed by atoms with van der Waals surface area (Å²) >= 11 is 0. The van der Waals surface area contributed by atoms with Crippen molar-refractivity contribution in [3.8, 4) is 0 Å². The van der Waals surface area contributed by atoms with Crippen LogP contribution in [-0.4, -0.2) is 28.7 Å². The van der Waals surface area contributed by atoms with E-state index in [0.29, 0.717) is 19.3 Å². The van der Waals surface area contributed by atoms with Crippen molar-refractivity contribution in [2.75, 3.05) is 0 Å². The minimum atomic E-state index is -0.924. The molecular weight excluding hydrogens is 224 g/mol. The average molecular weight is 244 g/mol. The van der Waals surface area contributed by atoms with E-state index in [2.05, 4.69) is 4.89 Å². The predicted molar refractivity (Wildman–Crippen MR) is 62.7 cm³/mol. The van der Waals surface area contributed by atoms with E-state index in [1.165, 1.54) is 0 Å². The molecule has 0 aliphatic carbocycles. The zero-order valence-electron chi connectivity index (χ0n) is 9.88. The second-order valence-electron chi connectivity index (χ2n) is 3.85. The molecule has 2 N–H and O–H groups in total. The highest BCUT2D eigenvalue weighted by Gasteiger charge is 2.07. The van der Waals surface area contributed by atoms with Crippen LogP contribution in [0.1, 0.15) is 44.9 Å². The first-order chi connectivity index (χ1) is 8.20. The number of hydrogen-bond donors (Lipinski definition) is 2. The molecule has 5 heteroatoms. The van der Waals surface area contributed by atoms with E-state index in [1.807, 2.05) is 0 Å². The van der Waals surface area contributed by atoms with Gasteiger partial charge in [0.25, 0.3) is 0 Å². The molecule has 17 heavy (non-hydrogen) atoms. The fourth-order valence-electron chi connectivity index (χ4n) is 1.50. The molecule has 0 fully saturated rings. The molecule has 0 aliphatic heterocycles. The minimum absolute atomic E-state index is 0.269.